The molecule has 0 aliphatic carbocycles. The van der Waals surface area contributed by atoms with E-state index in [1.165, 1.54) is 23.5 Å². The number of aryl methyl sites for hydroxylation is 1. The average molecular weight is 412 g/mol. The standard InChI is InChI=1S/C20H14ClN3O3S/c1-12-18(28-19(23-12)13-5-3-2-4-6-13)20(26)27-11-17(25)24-15-8-7-14(10-22)16(21)9-15/h2-9H,11H2,1H3,(H,24,25). The van der Waals surface area contributed by atoms with Crippen molar-refractivity contribution in [1.29, 1.82) is 5.26 Å². The van der Waals surface area contributed by atoms with Crippen LogP contribution in [0.3, 0.4) is 0 Å². The zero-order valence-electron chi connectivity index (χ0n) is 14.7. The molecule has 2 aromatic carbocycles. The summed E-state index contributed by atoms with van der Waals surface area (Å²) in [4.78, 5) is 29.1. The highest BCUT2D eigenvalue weighted by Crippen LogP contribution is 2.28. The highest BCUT2D eigenvalue weighted by atomic mass is 35.5. The van der Waals surface area contributed by atoms with Gasteiger partial charge in [-0.2, -0.15) is 5.26 Å². The number of anilines is 1. The summed E-state index contributed by atoms with van der Waals surface area (Å²) in [6.07, 6.45) is 0. The van der Waals surface area contributed by atoms with E-state index < -0.39 is 18.5 Å². The predicted molar refractivity (Wildman–Crippen MR) is 107 cm³/mol. The van der Waals surface area contributed by atoms with Gasteiger partial charge in [-0.25, -0.2) is 9.78 Å². The van der Waals surface area contributed by atoms with E-state index in [-0.39, 0.29) is 5.02 Å². The number of nitriles is 1. The molecule has 0 aliphatic heterocycles. The number of nitrogens with one attached hydrogen (secondary N) is 1. The van der Waals surface area contributed by atoms with Crippen LogP contribution < -0.4 is 5.32 Å². The van der Waals surface area contributed by atoms with E-state index in [4.69, 9.17) is 21.6 Å². The van der Waals surface area contributed by atoms with E-state index in [0.717, 1.165) is 5.56 Å². The fraction of sp³-hybridized carbons (Fsp3) is 0.100. The molecule has 0 atom stereocenters. The van der Waals surface area contributed by atoms with Gasteiger partial charge in [0.25, 0.3) is 5.91 Å². The lowest BCUT2D eigenvalue weighted by atomic mass is 10.2. The normalized spacial score (nSPS) is 10.2. The third kappa shape index (κ3) is 4.55. The molecular formula is C20H14ClN3O3S. The highest BCUT2D eigenvalue weighted by molar-refractivity contribution is 7.17. The van der Waals surface area contributed by atoms with Crippen LogP contribution in [0.4, 0.5) is 5.69 Å². The summed E-state index contributed by atoms with van der Waals surface area (Å²) in [6.45, 7) is 1.27. The maximum Gasteiger partial charge on any atom is 0.350 e. The van der Waals surface area contributed by atoms with Gasteiger partial charge in [-0.1, -0.05) is 41.9 Å². The van der Waals surface area contributed by atoms with Gasteiger partial charge in [0.1, 0.15) is 16.0 Å². The number of hydrogen-bond acceptors (Lipinski definition) is 6. The van der Waals surface area contributed by atoms with Gasteiger partial charge < -0.3 is 10.1 Å². The van der Waals surface area contributed by atoms with Gasteiger partial charge in [0.05, 0.1) is 16.3 Å². The number of benzene rings is 2. The van der Waals surface area contributed by atoms with Crippen molar-refractivity contribution < 1.29 is 14.3 Å². The van der Waals surface area contributed by atoms with Crippen molar-refractivity contribution in [2.45, 2.75) is 6.92 Å². The number of esters is 1. The zero-order chi connectivity index (χ0) is 20.1. The van der Waals surface area contributed by atoms with Gasteiger partial charge in [-0.15, -0.1) is 11.3 Å². The van der Waals surface area contributed by atoms with Gasteiger partial charge in [0.2, 0.25) is 0 Å². The molecule has 1 heterocycles. The number of amides is 1. The first-order valence-electron chi connectivity index (χ1n) is 8.17. The van der Waals surface area contributed by atoms with Crippen LogP contribution in [-0.4, -0.2) is 23.5 Å². The Morgan fingerprint density at radius 2 is 2.00 bits per heavy atom. The molecule has 140 valence electrons. The fourth-order valence-electron chi connectivity index (χ4n) is 2.37. The van der Waals surface area contributed by atoms with E-state index in [1.807, 2.05) is 36.4 Å². The Kier molecular flexibility index (Phi) is 6.04. The Labute approximate surface area is 170 Å². The van der Waals surface area contributed by atoms with Crippen molar-refractivity contribution in [2.75, 3.05) is 11.9 Å². The molecule has 6 nitrogen and oxygen atoms in total. The predicted octanol–water partition coefficient (Wildman–Crippen LogP) is 4.44. The van der Waals surface area contributed by atoms with E-state index in [2.05, 4.69) is 10.3 Å². The molecule has 0 fully saturated rings. The third-order valence-corrected chi connectivity index (χ3v) is 5.21. The first kappa shape index (κ1) is 19.5. The van der Waals surface area contributed by atoms with E-state index in [0.29, 0.717) is 26.8 Å². The maximum atomic E-state index is 12.3. The lowest BCUT2D eigenvalue weighted by molar-refractivity contribution is -0.119. The summed E-state index contributed by atoms with van der Waals surface area (Å²) >= 11 is 7.14. The summed E-state index contributed by atoms with van der Waals surface area (Å²) < 4.78 is 5.10. The van der Waals surface area contributed by atoms with Crippen molar-refractivity contribution in [3.63, 3.8) is 0 Å². The van der Waals surface area contributed by atoms with Crippen LogP contribution >= 0.6 is 22.9 Å². The molecule has 1 N–H and O–H groups in total. The third-order valence-electron chi connectivity index (χ3n) is 3.71. The van der Waals surface area contributed by atoms with Crippen LogP contribution in [0.15, 0.2) is 48.5 Å². The number of carbonyl (C=O) groups is 2. The minimum atomic E-state index is -0.606. The Morgan fingerprint density at radius 1 is 1.25 bits per heavy atom. The van der Waals surface area contributed by atoms with Crippen LogP contribution in [0, 0.1) is 18.3 Å². The lowest BCUT2D eigenvalue weighted by Crippen LogP contribution is -2.20. The summed E-state index contributed by atoms with van der Waals surface area (Å²) in [6, 6.07) is 15.9. The Hall–Kier alpha value is -3.21. The van der Waals surface area contributed by atoms with Crippen LogP contribution in [0.5, 0.6) is 0 Å². The number of nitrogens with zero attached hydrogens (tertiary/aromatic N) is 2. The second-order valence-corrected chi connectivity index (χ2v) is 7.14. The largest absolute Gasteiger partial charge is 0.451 e. The number of carbonyl (C=O) groups excluding carboxylic acids is 2. The molecule has 28 heavy (non-hydrogen) atoms. The summed E-state index contributed by atoms with van der Waals surface area (Å²) in [5.74, 6) is -1.12. The molecule has 0 saturated heterocycles. The molecule has 1 amide bonds. The van der Waals surface area contributed by atoms with Gasteiger partial charge >= 0.3 is 5.97 Å². The Morgan fingerprint density at radius 3 is 2.68 bits per heavy atom. The fourth-order valence-corrected chi connectivity index (χ4v) is 3.56. The van der Waals surface area contributed by atoms with Crippen molar-refractivity contribution >= 4 is 40.5 Å². The number of rotatable bonds is 5. The molecule has 0 aliphatic rings. The summed E-state index contributed by atoms with van der Waals surface area (Å²) in [7, 11) is 0. The smallest absolute Gasteiger partial charge is 0.350 e. The molecule has 0 bridgehead atoms. The molecule has 0 radical (unpaired) electrons. The van der Waals surface area contributed by atoms with Crippen LogP contribution in [-0.2, 0) is 9.53 Å². The Balaban J connectivity index is 1.61. The van der Waals surface area contributed by atoms with Gasteiger partial charge in [-0.05, 0) is 25.1 Å². The first-order chi connectivity index (χ1) is 13.5. The van der Waals surface area contributed by atoms with Crippen molar-refractivity contribution in [3.05, 3.63) is 69.7 Å². The monoisotopic (exact) mass is 411 g/mol. The summed E-state index contributed by atoms with van der Waals surface area (Å²) in [5, 5.41) is 12.4. The minimum Gasteiger partial charge on any atom is -0.451 e. The van der Waals surface area contributed by atoms with Crippen molar-refractivity contribution in [3.8, 4) is 16.6 Å². The quantitative estimate of drug-likeness (QED) is 0.626. The molecule has 0 unspecified atom stereocenters. The highest BCUT2D eigenvalue weighted by Gasteiger charge is 2.18. The number of thiazole rings is 1. The molecule has 0 saturated carbocycles. The number of hydrogen-bond donors (Lipinski definition) is 1. The van der Waals surface area contributed by atoms with Gasteiger partial charge in [-0.3, -0.25) is 4.79 Å². The van der Waals surface area contributed by atoms with Crippen LogP contribution in [0.25, 0.3) is 10.6 Å². The lowest BCUT2D eigenvalue weighted by Gasteiger charge is -2.07. The summed E-state index contributed by atoms with van der Waals surface area (Å²) in [5.41, 5.74) is 2.17. The SMILES string of the molecule is Cc1nc(-c2ccccc2)sc1C(=O)OCC(=O)Nc1ccc(C#N)c(Cl)c1. The van der Waals surface area contributed by atoms with Crippen LogP contribution in [0.1, 0.15) is 20.9 Å². The number of halogens is 1. The number of aromatic nitrogens is 1. The molecule has 3 rings (SSSR count). The van der Waals surface area contributed by atoms with Crippen molar-refractivity contribution in [1.82, 2.24) is 4.98 Å². The van der Waals surface area contributed by atoms with Gasteiger partial charge in [0.15, 0.2) is 6.61 Å². The molecular weight excluding hydrogens is 398 g/mol. The first-order valence-corrected chi connectivity index (χ1v) is 9.37. The molecule has 8 heteroatoms. The zero-order valence-corrected chi connectivity index (χ0v) is 16.3. The topological polar surface area (TPSA) is 92.1 Å². The van der Waals surface area contributed by atoms with Crippen molar-refractivity contribution in [2.24, 2.45) is 0 Å². The maximum absolute atomic E-state index is 12.3. The van der Waals surface area contributed by atoms with E-state index >= 15 is 0 Å². The molecule has 1 aromatic heterocycles. The second kappa shape index (κ2) is 8.65. The Bertz CT molecular complexity index is 1070. The number of ether oxygens (including phenoxy) is 1. The average Bonchev–Trinajstić information content (AvgIpc) is 3.09. The van der Waals surface area contributed by atoms with Gasteiger partial charge in [0, 0.05) is 11.3 Å². The van der Waals surface area contributed by atoms with E-state index in [9.17, 15) is 9.59 Å². The van der Waals surface area contributed by atoms with Crippen LogP contribution in [0.2, 0.25) is 5.02 Å². The molecule has 3 aromatic rings. The second-order valence-electron chi connectivity index (χ2n) is 5.73. The molecule has 0 spiro atoms. The van der Waals surface area contributed by atoms with E-state index in [1.54, 1.807) is 13.0 Å². The minimum absolute atomic E-state index is 0.228.